The minimum Gasteiger partial charge on any atom is -0.352 e. The molecule has 22 heavy (non-hydrogen) atoms. The second-order valence-electron chi connectivity index (χ2n) is 6.35. The SMILES string of the molecule is CCN1CC(C(=O)N2CCCCC(NC(C)=O)C2)CCC1=O. The fourth-order valence-electron chi connectivity index (χ4n) is 3.43. The van der Waals surface area contributed by atoms with Crippen molar-refractivity contribution in [1.82, 2.24) is 15.1 Å². The third-order valence-corrected chi connectivity index (χ3v) is 4.62. The summed E-state index contributed by atoms with van der Waals surface area (Å²) in [5.74, 6) is 0.162. The van der Waals surface area contributed by atoms with E-state index in [1.165, 1.54) is 6.92 Å². The van der Waals surface area contributed by atoms with Crippen LogP contribution in [0.3, 0.4) is 0 Å². The number of carbonyl (C=O) groups excluding carboxylic acids is 3. The lowest BCUT2D eigenvalue weighted by atomic mass is 9.96. The van der Waals surface area contributed by atoms with Crippen LogP contribution in [0.4, 0.5) is 0 Å². The molecule has 2 atom stereocenters. The highest BCUT2D eigenvalue weighted by atomic mass is 16.2. The van der Waals surface area contributed by atoms with E-state index < -0.39 is 0 Å². The standard InChI is InChI=1S/C16H27N3O3/c1-3-18-10-13(7-8-15(18)21)16(22)19-9-5-4-6-14(11-19)17-12(2)20/h13-14H,3-11H2,1-2H3,(H,17,20). The first kappa shape index (κ1) is 16.8. The van der Waals surface area contributed by atoms with Crippen LogP contribution in [0.2, 0.25) is 0 Å². The second kappa shape index (κ2) is 7.61. The average Bonchev–Trinajstić information content (AvgIpc) is 2.72. The molecule has 2 rings (SSSR count). The molecule has 1 N–H and O–H groups in total. The Morgan fingerprint density at radius 2 is 2.00 bits per heavy atom. The molecule has 0 aliphatic carbocycles. The van der Waals surface area contributed by atoms with Crippen LogP contribution in [0.1, 0.15) is 46.0 Å². The van der Waals surface area contributed by atoms with Crippen LogP contribution in [0, 0.1) is 5.92 Å². The third-order valence-electron chi connectivity index (χ3n) is 4.62. The summed E-state index contributed by atoms with van der Waals surface area (Å²) < 4.78 is 0. The molecule has 0 spiro atoms. The number of likely N-dealkylation sites (tertiary alicyclic amines) is 2. The molecule has 2 fully saturated rings. The van der Waals surface area contributed by atoms with Gasteiger partial charge in [0.1, 0.15) is 0 Å². The van der Waals surface area contributed by atoms with Gasteiger partial charge in [0, 0.05) is 45.6 Å². The predicted molar refractivity (Wildman–Crippen MR) is 83.0 cm³/mol. The van der Waals surface area contributed by atoms with E-state index in [9.17, 15) is 14.4 Å². The molecular formula is C16H27N3O3. The first-order chi connectivity index (χ1) is 10.5. The summed E-state index contributed by atoms with van der Waals surface area (Å²) in [6, 6.07) is 0.0523. The van der Waals surface area contributed by atoms with Crippen LogP contribution in [-0.4, -0.2) is 59.7 Å². The van der Waals surface area contributed by atoms with E-state index in [1.54, 1.807) is 4.90 Å². The van der Waals surface area contributed by atoms with Gasteiger partial charge in [-0.05, 0) is 32.6 Å². The number of carbonyl (C=O) groups is 3. The van der Waals surface area contributed by atoms with Crippen LogP contribution in [0.5, 0.6) is 0 Å². The van der Waals surface area contributed by atoms with Crippen LogP contribution in [0.15, 0.2) is 0 Å². The van der Waals surface area contributed by atoms with E-state index in [0.717, 1.165) is 25.8 Å². The third kappa shape index (κ3) is 4.21. The Morgan fingerprint density at radius 1 is 1.23 bits per heavy atom. The van der Waals surface area contributed by atoms with E-state index in [4.69, 9.17) is 0 Å². The molecule has 0 radical (unpaired) electrons. The fraction of sp³-hybridized carbons (Fsp3) is 0.812. The van der Waals surface area contributed by atoms with Crippen LogP contribution in [0.25, 0.3) is 0 Å². The molecule has 3 amide bonds. The molecule has 0 aromatic carbocycles. The zero-order valence-corrected chi connectivity index (χ0v) is 13.6. The smallest absolute Gasteiger partial charge is 0.227 e. The lowest BCUT2D eigenvalue weighted by molar-refractivity contribution is -0.143. The molecule has 6 nitrogen and oxygen atoms in total. The quantitative estimate of drug-likeness (QED) is 0.837. The van der Waals surface area contributed by atoms with Crippen molar-refractivity contribution in [1.29, 1.82) is 0 Å². The maximum atomic E-state index is 12.8. The van der Waals surface area contributed by atoms with Gasteiger partial charge in [0.15, 0.2) is 0 Å². The number of rotatable bonds is 3. The summed E-state index contributed by atoms with van der Waals surface area (Å²) in [6.07, 6.45) is 4.04. The number of piperidine rings is 1. The van der Waals surface area contributed by atoms with Gasteiger partial charge in [0.05, 0.1) is 5.92 Å². The van der Waals surface area contributed by atoms with Crippen LogP contribution in [-0.2, 0) is 14.4 Å². The van der Waals surface area contributed by atoms with Gasteiger partial charge in [0.25, 0.3) is 0 Å². The first-order valence-corrected chi connectivity index (χ1v) is 8.35. The van der Waals surface area contributed by atoms with Gasteiger partial charge >= 0.3 is 0 Å². The average molecular weight is 309 g/mol. The molecule has 124 valence electrons. The van der Waals surface area contributed by atoms with Gasteiger partial charge in [-0.25, -0.2) is 0 Å². The maximum Gasteiger partial charge on any atom is 0.227 e. The van der Waals surface area contributed by atoms with E-state index in [1.807, 2.05) is 11.8 Å². The highest BCUT2D eigenvalue weighted by Gasteiger charge is 2.33. The number of amides is 3. The van der Waals surface area contributed by atoms with E-state index in [0.29, 0.717) is 32.5 Å². The van der Waals surface area contributed by atoms with Gasteiger partial charge in [-0.2, -0.15) is 0 Å². The number of hydrogen-bond donors (Lipinski definition) is 1. The minimum absolute atomic E-state index is 0.0419. The van der Waals surface area contributed by atoms with Gasteiger partial charge < -0.3 is 15.1 Å². The molecule has 2 aliphatic heterocycles. The molecule has 2 saturated heterocycles. The van der Waals surface area contributed by atoms with E-state index in [-0.39, 0.29) is 29.7 Å². The van der Waals surface area contributed by atoms with Gasteiger partial charge in [0.2, 0.25) is 17.7 Å². The summed E-state index contributed by atoms with van der Waals surface area (Å²) >= 11 is 0. The van der Waals surface area contributed by atoms with E-state index in [2.05, 4.69) is 5.32 Å². The van der Waals surface area contributed by atoms with Crippen LogP contribution >= 0.6 is 0 Å². The van der Waals surface area contributed by atoms with Crippen molar-refractivity contribution < 1.29 is 14.4 Å². The van der Waals surface area contributed by atoms with Crippen molar-refractivity contribution in [2.45, 2.75) is 52.0 Å². The molecule has 6 heteroatoms. The Morgan fingerprint density at radius 3 is 2.68 bits per heavy atom. The maximum absolute atomic E-state index is 12.8. The highest BCUT2D eigenvalue weighted by Crippen LogP contribution is 2.21. The van der Waals surface area contributed by atoms with Crippen molar-refractivity contribution in [3.63, 3.8) is 0 Å². The molecule has 0 aromatic rings. The van der Waals surface area contributed by atoms with Crippen molar-refractivity contribution in [2.75, 3.05) is 26.2 Å². The molecule has 0 saturated carbocycles. The fourth-order valence-corrected chi connectivity index (χ4v) is 3.43. The first-order valence-electron chi connectivity index (χ1n) is 8.35. The normalized spacial score (nSPS) is 26.5. The lowest BCUT2D eigenvalue weighted by Gasteiger charge is -2.34. The van der Waals surface area contributed by atoms with Gasteiger partial charge in [-0.1, -0.05) is 0 Å². The van der Waals surface area contributed by atoms with Crippen molar-refractivity contribution >= 4 is 17.7 Å². The summed E-state index contributed by atoms with van der Waals surface area (Å²) in [4.78, 5) is 39.5. The Bertz CT molecular complexity index is 438. The van der Waals surface area contributed by atoms with Crippen molar-refractivity contribution in [2.24, 2.45) is 5.92 Å². The number of nitrogens with zero attached hydrogens (tertiary/aromatic N) is 2. The minimum atomic E-state index is -0.0891. The van der Waals surface area contributed by atoms with Crippen molar-refractivity contribution in [3.05, 3.63) is 0 Å². The van der Waals surface area contributed by atoms with Gasteiger partial charge in [-0.3, -0.25) is 14.4 Å². The van der Waals surface area contributed by atoms with Crippen molar-refractivity contribution in [3.8, 4) is 0 Å². The predicted octanol–water partition coefficient (Wildman–Crippen LogP) is 0.762. The molecule has 0 aromatic heterocycles. The molecular weight excluding hydrogens is 282 g/mol. The van der Waals surface area contributed by atoms with Gasteiger partial charge in [-0.15, -0.1) is 0 Å². The second-order valence-corrected chi connectivity index (χ2v) is 6.35. The number of nitrogens with one attached hydrogen (secondary N) is 1. The summed E-state index contributed by atoms with van der Waals surface area (Å²) in [6.45, 7) is 6.01. The monoisotopic (exact) mass is 309 g/mol. The van der Waals surface area contributed by atoms with Crippen LogP contribution < -0.4 is 5.32 Å². The Kier molecular flexibility index (Phi) is 5.80. The molecule has 2 aliphatic rings. The summed E-state index contributed by atoms with van der Waals surface area (Å²) in [7, 11) is 0. The Hall–Kier alpha value is -1.59. The Balaban J connectivity index is 1.97. The molecule has 0 bridgehead atoms. The summed E-state index contributed by atoms with van der Waals surface area (Å²) in [5.41, 5.74) is 0. The topological polar surface area (TPSA) is 69.7 Å². The molecule has 2 unspecified atom stereocenters. The zero-order chi connectivity index (χ0) is 16.1. The summed E-state index contributed by atoms with van der Waals surface area (Å²) in [5, 5.41) is 2.94. The van der Waals surface area contributed by atoms with E-state index >= 15 is 0 Å². The highest BCUT2D eigenvalue weighted by molar-refractivity contribution is 5.84. The number of hydrogen-bond acceptors (Lipinski definition) is 3. The Labute approximate surface area is 132 Å². The zero-order valence-electron chi connectivity index (χ0n) is 13.6. The largest absolute Gasteiger partial charge is 0.352 e. The lowest BCUT2D eigenvalue weighted by Crippen LogP contribution is -2.50. The molecule has 2 heterocycles.